The van der Waals surface area contributed by atoms with Crippen molar-refractivity contribution in [2.75, 3.05) is 33.9 Å². The molecule has 2 aliphatic heterocycles. The summed E-state index contributed by atoms with van der Waals surface area (Å²) in [6.45, 7) is 0.900. The predicted octanol–water partition coefficient (Wildman–Crippen LogP) is 1.19. The number of amides is 1. The number of carbonyl (C=O) groups excluding carboxylic acids is 1. The minimum atomic E-state index is -3.66. The number of nitrogens with zero attached hydrogens (tertiary/aromatic N) is 2. The molecule has 2 atom stereocenters. The zero-order chi connectivity index (χ0) is 19.2. The molecule has 7 nitrogen and oxygen atoms in total. The molecule has 4 rings (SSSR count). The number of rotatable bonds is 3. The molecule has 8 heteroatoms. The molecular weight excluding hydrogens is 368 g/mol. The average molecular weight is 394 g/mol. The fourth-order valence-corrected chi connectivity index (χ4v) is 6.23. The number of ether oxygens (including phenoxy) is 2. The summed E-state index contributed by atoms with van der Waals surface area (Å²) < 4.78 is 39.6. The highest BCUT2D eigenvalue weighted by atomic mass is 32.2. The number of hydrogen-bond donors (Lipinski definition) is 0. The molecule has 1 aromatic carbocycles. The lowest BCUT2D eigenvalue weighted by Crippen LogP contribution is -2.43. The number of fused-ring (bicyclic) bond motifs is 2. The Hall–Kier alpha value is -1.64. The van der Waals surface area contributed by atoms with Crippen LogP contribution in [0.5, 0.6) is 5.75 Å². The first-order valence-electron chi connectivity index (χ1n) is 9.49. The van der Waals surface area contributed by atoms with Gasteiger partial charge in [-0.05, 0) is 48.9 Å². The molecule has 0 aromatic heterocycles. The van der Waals surface area contributed by atoms with Crippen molar-refractivity contribution in [3.63, 3.8) is 0 Å². The summed E-state index contributed by atoms with van der Waals surface area (Å²) in [5.74, 6) is 0.771. The molecule has 2 heterocycles. The summed E-state index contributed by atoms with van der Waals surface area (Å²) in [4.78, 5) is 14.1. The molecule has 2 fully saturated rings. The van der Waals surface area contributed by atoms with E-state index in [0.29, 0.717) is 17.9 Å². The Labute approximate surface area is 160 Å². The van der Waals surface area contributed by atoms with Crippen molar-refractivity contribution in [1.29, 1.82) is 0 Å². The first kappa shape index (κ1) is 18.7. The summed E-state index contributed by atoms with van der Waals surface area (Å²) in [6, 6.07) is 3.20. The Morgan fingerprint density at radius 3 is 2.59 bits per heavy atom. The second-order valence-electron chi connectivity index (χ2n) is 7.48. The molecule has 2 saturated heterocycles. The molecule has 0 radical (unpaired) electrons. The maximum Gasteiger partial charge on any atom is 0.243 e. The van der Waals surface area contributed by atoms with Crippen LogP contribution >= 0.6 is 0 Å². The Bertz CT molecular complexity index is 854. The lowest BCUT2D eigenvalue weighted by molar-refractivity contribution is -0.130. The van der Waals surface area contributed by atoms with E-state index in [2.05, 4.69) is 0 Å². The third kappa shape index (κ3) is 3.13. The van der Waals surface area contributed by atoms with Gasteiger partial charge in [-0.2, -0.15) is 4.31 Å². The fourth-order valence-electron chi connectivity index (χ4n) is 4.49. The minimum Gasteiger partial charge on any atom is -0.496 e. The van der Waals surface area contributed by atoms with Crippen molar-refractivity contribution in [3.05, 3.63) is 23.3 Å². The van der Waals surface area contributed by atoms with Crippen molar-refractivity contribution in [2.24, 2.45) is 0 Å². The normalized spacial score (nSPS) is 26.4. The number of carbonyl (C=O) groups is 1. The summed E-state index contributed by atoms with van der Waals surface area (Å²) in [6.07, 6.45) is 3.69. The third-order valence-electron chi connectivity index (χ3n) is 6.03. The molecule has 0 spiro atoms. The molecule has 1 aliphatic carbocycles. The van der Waals surface area contributed by atoms with Gasteiger partial charge in [-0.1, -0.05) is 0 Å². The van der Waals surface area contributed by atoms with Gasteiger partial charge in [0.05, 0.1) is 37.2 Å². The summed E-state index contributed by atoms with van der Waals surface area (Å²) in [5, 5.41) is 0. The van der Waals surface area contributed by atoms with Crippen LogP contribution in [-0.4, -0.2) is 69.5 Å². The summed E-state index contributed by atoms with van der Waals surface area (Å²) in [5.41, 5.74) is 1.90. The van der Waals surface area contributed by atoms with E-state index in [0.717, 1.165) is 42.6 Å². The Morgan fingerprint density at radius 1 is 1.11 bits per heavy atom. The zero-order valence-corrected chi connectivity index (χ0v) is 16.6. The monoisotopic (exact) mass is 394 g/mol. The molecule has 1 aromatic rings. The third-order valence-corrected chi connectivity index (χ3v) is 7.94. The standard InChI is InChI=1S/C19H26N2O5S/c1-20-15-11-21(12-17(15)26-10-9-19(20)22)27(23,24)18-8-7-16(25-2)13-5-3-4-6-14(13)18/h7-8,15,17H,3-6,9-12H2,1-2H3/t15-,17-/m0/s1. The average Bonchev–Trinajstić information content (AvgIpc) is 3.06. The topological polar surface area (TPSA) is 76.1 Å². The van der Waals surface area contributed by atoms with Crippen LogP contribution in [0.2, 0.25) is 0 Å². The molecule has 0 unspecified atom stereocenters. The van der Waals surface area contributed by atoms with Crippen LogP contribution in [0.1, 0.15) is 30.4 Å². The van der Waals surface area contributed by atoms with Crippen molar-refractivity contribution in [2.45, 2.75) is 49.1 Å². The predicted molar refractivity (Wildman–Crippen MR) is 99.3 cm³/mol. The van der Waals surface area contributed by atoms with Gasteiger partial charge in [0.25, 0.3) is 0 Å². The van der Waals surface area contributed by atoms with Gasteiger partial charge >= 0.3 is 0 Å². The van der Waals surface area contributed by atoms with Crippen LogP contribution in [0.4, 0.5) is 0 Å². The lowest BCUT2D eigenvalue weighted by atomic mass is 9.91. The first-order chi connectivity index (χ1) is 12.9. The number of likely N-dealkylation sites (N-methyl/N-ethyl adjacent to an activating group) is 1. The highest BCUT2D eigenvalue weighted by Crippen LogP contribution is 2.36. The van der Waals surface area contributed by atoms with Crippen LogP contribution in [0.3, 0.4) is 0 Å². The molecule has 3 aliphatic rings. The summed E-state index contributed by atoms with van der Waals surface area (Å²) >= 11 is 0. The van der Waals surface area contributed by atoms with Gasteiger partial charge < -0.3 is 14.4 Å². The highest BCUT2D eigenvalue weighted by Gasteiger charge is 2.45. The Kier molecular flexibility index (Phi) is 4.90. The van der Waals surface area contributed by atoms with Crippen LogP contribution in [0.25, 0.3) is 0 Å². The van der Waals surface area contributed by atoms with E-state index in [-0.39, 0.29) is 31.1 Å². The molecule has 0 saturated carbocycles. The summed E-state index contributed by atoms with van der Waals surface area (Å²) in [7, 11) is -0.298. The van der Waals surface area contributed by atoms with Gasteiger partial charge in [0.1, 0.15) is 5.75 Å². The number of methoxy groups -OCH3 is 1. The van der Waals surface area contributed by atoms with Crippen molar-refractivity contribution >= 4 is 15.9 Å². The van der Waals surface area contributed by atoms with E-state index >= 15 is 0 Å². The highest BCUT2D eigenvalue weighted by molar-refractivity contribution is 7.89. The zero-order valence-electron chi connectivity index (χ0n) is 15.8. The largest absolute Gasteiger partial charge is 0.496 e. The van der Waals surface area contributed by atoms with Gasteiger partial charge in [0.2, 0.25) is 15.9 Å². The number of sulfonamides is 1. The van der Waals surface area contributed by atoms with Crippen LogP contribution in [0, 0.1) is 0 Å². The lowest BCUT2D eigenvalue weighted by Gasteiger charge is -2.26. The van der Waals surface area contributed by atoms with Gasteiger partial charge in [0.15, 0.2) is 0 Å². The maximum absolute atomic E-state index is 13.4. The van der Waals surface area contributed by atoms with Crippen LogP contribution in [0.15, 0.2) is 17.0 Å². The van der Waals surface area contributed by atoms with Gasteiger partial charge in [-0.25, -0.2) is 8.42 Å². The van der Waals surface area contributed by atoms with Gasteiger partial charge in [-0.15, -0.1) is 0 Å². The Balaban J connectivity index is 1.68. The fraction of sp³-hybridized carbons (Fsp3) is 0.632. The molecule has 0 bridgehead atoms. The quantitative estimate of drug-likeness (QED) is 0.770. The minimum absolute atomic E-state index is 0.00331. The number of hydrogen-bond acceptors (Lipinski definition) is 5. The van der Waals surface area contributed by atoms with Crippen molar-refractivity contribution < 1.29 is 22.7 Å². The molecular formula is C19H26N2O5S. The molecule has 1 amide bonds. The van der Waals surface area contributed by atoms with Crippen molar-refractivity contribution in [1.82, 2.24) is 9.21 Å². The smallest absolute Gasteiger partial charge is 0.243 e. The SMILES string of the molecule is COc1ccc(S(=O)(=O)N2C[C@@H]3OCCC(=O)N(C)[C@H]3C2)c2c1CCCC2. The molecule has 27 heavy (non-hydrogen) atoms. The van der Waals surface area contributed by atoms with Crippen LogP contribution < -0.4 is 4.74 Å². The van der Waals surface area contributed by atoms with E-state index in [1.165, 1.54) is 4.31 Å². The Morgan fingerprint density at radius 2 is 1.85 bits per heavy atom. The van der Waals surface area contributed by atoms with E-state index in [4.69, 9.17) is 9.47 Å². The van der Waals surface area contributed by atoms with E-state index in [9.17, 15) is 13.2 Å². The van der Waals surface area contributed by atoms with Gasteiger partial charge in [-0.3, -0.25) is 4.79 Å². The van der Waals surface area contributed by atoms with E-state index in [1.54, 1.807) is 31.2 Å². The van der Waals surface area contributed by atoms with Crippen LogP contribution in [-0.2, 0) is 32.4 Å². The first-order valence-corrected chi connectivity index (χ1v) is 10.9. The second kappa shape index (κ2) is 7.07. The maximum atomic E-state index is 13.4. The van der Waals surface area contributed by atoms with Crippen molar-refractivity contribution in [3.8, 4) is 5.75 Å². The second-order valence-corrected chi connectivity index (χ2v) is 9.39. The van der Waals surface area contributed by atoms with E-state index in [1.807, 2.05) is 0 Å². The van der Waals surface area contributed by atoms with E-state index < -0.39 is 10.0 Å². The molecule has 148 valence electrons. The molecule has 0 N–H and O–H groups in total. The van der Waals surface area contributed by atoms with Gasteiger partial charge in [0, 0.05) is 20.1 Å². The number of benzene rings is 1.